The minimum atomic E-state index is 0. The number of aliphatic imine (C=N–C) groups is 1. The predicted octanol–water partition coefficient (Wildman–Crippen LogP) is 3.84. The Morgan fingerprint density at radius 3 is 2.42 bits per heavy atom. The van der Waals surface area contributed by atoms with Crippen LogP contribution in [0.2, 0.25) is 0 Å². The zero-order chi connectivity index (χ0) is 22.8. The molecule has 2 aromatic carbocycles. The second kappa shape index (κ2) is 14.3. The molecule has 7 nitrogen and oxygen atoms in total. The third kappa shape index (κ3) is 8.68. The molecule has 33 heavy (non-hydrogen) atoms. The van der Waals surface area contributed by atoms with Crippen molar-refractivity contribution in [3.63, 3.8) is 0 Å². The van der Waals surface area contributed by atoms with Gasteiger partial charge in [-0.15, -0.1) is 24.0 Å². The van der Waals surface area contributed by atoms with Gasteiger partial charge in [-0.1, -0.05) is 24.3 Å². The fourth-order valence-electron chi connectivity index (χ4n) is 3.77. The van der Waals surface area contributed by atoms with Crippen molar-refractivity contribution in [1.29, 1.82) is 0 Å². The van der Waals surface area contributed by atoms with Gasteiger partial charge in [0.2, 0.25) is 0 Å². The summed E-state index contributed by atoms with van der Waals surface area (Å²) in [5.74, 6) is 2.52. The van der Waals surface area contributed by atoms with Gasteiger partial charge in [-0.25, -0.2) is 0 Å². The molecule has 1 atom stereocenters. The lowest BCUT2D eigenvalue weighted by Gasteiger charge is -2.35. The van der Waals surface area contributed by atoms with Crippen LogP contribution >= 0.6 is 24.0 Å². The van der Waals surface area contributed by atoms with E-state index in [0.717, 1.165) is 55.9 Å². The highest BCUT2D eigenvalue weighted by atomic mass is 127. The van der Waals surface area contributed by atoms with Crippen LogP contribution in [0.1, 0.15) is 31.0 Å². The molecule has 0 aliphatic carbocycles. The first-order valence-corrected chi connectivity index (χ1v) is 11.2. The molecule has 1 saturated heterocycles. The number of hydrogen-bond donors (Lipinski definition) is 2. The van der Waals surface area contributed by atoms with Crippen LogP contribution in [0.3, 0.4) is 0 Å². The number of guanidine groups is 1. The summed E-state index contributed by atoms with van der Waals surface area (Å²) < 4.78 is 16.7. The van der Waals surface area contributed by atoms with E-state index in [2.05, 4.69) is 44.8 Å². The van der Waals surface area contributed by atoms with Gasteiger partial charge in [0.15, 0.2) is 5.96 Å². The molecule has 1 aliphatic heterocycles. The molecule has 0 radical (unpaired) electrons. The standard InChI is InChI=1S/C25H36N4O3.HI/c1-19(2)32-23-7-5-6-20(16-23)17-27-25(26-3)28-18-24(29-12-14-31-15-13-29)21-8-10-22(30-4)11-9-21;/h5-11,16,19,24H,12-15,17-18H2,1-4H3,(H2,26,27,28);1H. The van der Waals surface area contributed by atoms with E-state index in [-0.39, 0.29) is 36.1 Å². The molecule has 1 aliphatic rings. The van der Waals surface area contributed by atoms with Crippen LogP contribution in [-0.4, -0.2) is 64.0 Å². The molecular weight excluding hydrogens is 531 g/mol. The molecule has 8 heteroatoms. The summed E-state index contributed by atoms with van der Waals surface area (Å²) >= 11 is 0. The van der Waals surface area contributed by atoms with E-state index in [4.69, 9.17) is 14.2 Å². The van der Waals surface area contributed by atoms with Crippen molar-refractivity contribution in [2.24, 2.45) is 4.99 Å². The molecule has 0 bridgehead atoms. The zero-order valence-electron chi connectivity index (χ0n) is 20.0. The van der Waals surface area contributed by atoms with Crippen LogP contribution in [0.15, 0.2) is 53.5 Å². The number of ether oxygens (including phenoxy) is 3. The van der Waals surface area contributed by atoms with E-state index in [1.807, 2.05) is 38.1 Å². The Balaban J connectivity index is 0.00000385. The minimum Gasteiger partial charge on any atom is -0.497 e. The average molecular weight is 569 g/mol. The summed E-state index contributed by atoms with van der Waals surface area (Å²) in [4.78, 5) is 6.87. The fraction of sp³-hybridized carbons (Fsp3) is 0.480. The molecule has 3 rings (SSSR count). The summed E-state index contributed by atoms with van der Waals surface area (Å²) in [7, 11) is 3.49. The Kier molecular flexibility index (Phi) is 11.8. The van der Waals surface area contributed by atoms with E-state index in [9.17, 15) is 0 Å². The molecule has 0 saturated carbocycles. The monoisotopic (exact) mass is 568 g/mol. The van der Waals surface area contributed by atoms with Gasteiger partial charge < -0.3 is 24.8 Å². The number of rotatable bonds is 9. The number of benzene rings is 2. The number of methoxy groups -OCH3 is 1. The Bertz CT molecular complexity index is 855. The number of morpholine rings is 1. The van der Waals surface area contributed by atoms with Crippen LogP contribution < -0.4 is 20.1 Å². The summed E-state index contributed by atoms with van der Waals surface area (Å²) in [6, 6.07) is 16.7. The lowest BCUT2D eigenvalue weighted by molar-refractivity contribution is 0.0170. The largest absolute Gasteiger partial charge is 0.497 e. The number of nitrogens with one attached hydrogen (secondary N) is 2. The Labute approximate surface area is 214 Å². The first-order valence-electron chi connectivity index (χ1n) is 11.2. The Morgan fingerprint density at radius 2 is 1.79 bits per heavy atom. The first-order chi connectivity index (χ1) is 15.6. The van der Waals surface area contributed by atoms with Gasteiger partial charge in [0.25, 0.3) is 0 Å². The lowest BCUT2D eigenvalue weighted by Crippen LogP contribution is -2.46. The van der Waals surface area contributed by atoms with E-state index < -0.39 is 0 Å². The van der Waals surface area contributed by atoms with Gasteiger partial charge in [-0.2, -0.15) is 0 Å². The summed E-state index contributed by atoms with van der Waals surface area (Å²) in [6.07, 6.45) is 0.155. The summed E-state index contributed by atoms with van der Waals surface area (Å²) in [6.45, 7) is 8.81. The third-order valence-electron chi connectivity index (χ3n) is 5.40. The van der Waals surface area contributed by atoms with Crippen molar-refractivity contribution in [3.8, 4) is 11.5 Å². The van der Waals surface area contributed by atoms with Crippen LogP contribution in [0, 0.1) is 0 Å². The van der Waals surface area contributed by atoms with Gasteiger partial charge in [-0.05, 0) is 49.2 Å². The second-order valence-corrected chi connectivity index (χ2v) is 8.06. The number of nitrogens with zero attached hydrogens (tertiary/aromatic N) is 2. The van der Waals surface area contributed by atoms with Gasteiger partial charge >= 0.3 is 0 Å². The predicted molar refractivity (Wildman–Crippen MR) is 144 cm³/mol. The lowest BCUT2D eigenvalue weighted by atomic mass is 10.0. The highest BCUT2D eigenvalue weighted by Gasteiger charge is 2.23. The first kappa shape index (κ1) is 27.2. The quantitative estimate of drug-likeness (QED) is 0.272. The van der Waals surface area contributed by atoms with Gasteiger partial charge in [0.1, 0.15) is 11.5 Å². The van der Waals surface area contributed by atoms with Crippen LogP contribution in [0.25, 0.3) is 0 Å². The third-order valence-corrected chi connectivity index (χ3v) is 5.40. The summed E-state index contributed by atoms with van der Waals surface area (Å²) in [5.41, 5.74) is 2.39. The molecule has 1 fully saturated rings. The minimum absolute atomic E-state index is 0. The Morgan fingerprint density at radius 1 is 1.06 bits per heavy atom. The molecule has 1 heterocycles. The van der Waals surface area contributed by atoms with E-state index >= 15 is 0 Å². The van der Waals surface area contributed by atoms with Crippen molar-refractivity contribution in [2.75, 3.05) is 47.0 Å². The molecule has 182 valence electrons. The normalized spacial score (nSPS) is 15.5. The molecule has 2 aromatic rings. The zero-order valence-corrected chi connectivity index (χ0v) is 22.4. The molecule has 0 amide bonds. The van der Waals surface area contributed by atoms with Crippen LogP contribution in [-0.2, 0) is 11.3 Å². The van der Waals surface area contributed by atoms with E-state index in [1.54, 1.807) is 14.2 Å². The molecule has 0 spiro atoms. The van der Waals surface area contributed by atoms with Gasteiger partial charge in [0, 0.05) is 33.2 Å². The number of halogens is 1. The van der Waals surface area contributed by atoms with Crippen molar-refractivity contribution < 1.29 is 14.2 Å². The molecule has 2 N–H and O–H groups in total. The van der Waals surface area contributed by atoms with E-state index in [0.29, 0.717) is 6.54 Å². The molecule has 0 aromatic heterocycles. The Hall–Kier alpha value is -2.04. The highest BCUT2D eigenvalue weighted by molar-refractivity contribution is 14.0. The maximum atomic E-state index is 5.80. The second-order valence-electron chi connectivity index (χ2n) is 8.06. The average Bonchev–Trinajstić information content (AvgIpc) is 2.82. The van der Waals surface area contributed by atoms with Crippen molar-refractivity contribution in [3.05, 3.63) is 59.7 Å². The van der Waals surface area contributed by atoms with Crippen LogP contribution in [0.4, 0.5) is 0 Å². The van der Waals surface area contributed by atoms with E-state index in [1.165, 1.54) is 5.56 Å². The number of hydrogen-bond acceptors (Lipinski definition) is 5. The topological polar surface area (TPSA) is 67.4 Å². The fourth-order valence-corrected chi connectivity index (χ4v) is 3.77. The molecule has 1 unspecified atom stereocenters. The van der Waals surface area contributed by atoms with Crippen molar-refractivity contribution in [2.45, 2.75) is 32.5 Å². The maximum absolute atomic E-state index is 5.80. The van der Waals surface area contributed by atoms with Gasteiger partial charge in [-0.3, -0.25) is 9.89 Å². The SMILES string of the molecule is CN=C(NCc1cccc(OC(C)C)c1)NCC(c1ccc(OC)cc1)N1CCOCC1.I. The van der Waals surface area contributed by atoms with Crippen molar-refractivity contribution in [1.82, 2.24) is 15.5 Å². The van der Waals surface area contributed by atoms with Crippen molar-refractivity contribution >= 4 is 29.9 Å². The highest BCUT2D eigenvalue weighted by Crippen LogP contribution is 2.23. The summed E-state index contributed by atoms with van der Waals surface area (Å²) in [5, 5.41) is 6.92. The maximum Gasteiger partial charge on any atom is 0.191 e. The van der Waals surface area contributed by atoms with Gasteiger partial charge in [0.05, 0.1) is 32.5 Å². The smallest absolute Gasteiger partial charge is 0.191 e. The molecular formula is C25H37IN4O3. The van der Waals surface area contributed by atoms with Crippen LogP contribution in [0.5, 0.6) is 11.5 Å².